The molecule has 3 aromatic rings. The van der Waals surface area contributed by atoms with Crippen LogP contribution < -0.4 is 16.0 Å². The van der Waals surface area contributed by atoms with E-state index < -0.39 is 0 Å². The first-order valence-electron chi connectivity index (χ1n) is 10.8. The molecule has 7 nitrogen and oxygen atoms in total. The molecule has 1 saturated carbocycles. The van der Waals surface area contributed by atoms with Crippen molar-refractivity contribution in [3.05, 3.63) is 36.3 Å². The van der Waals surface area contributed by atoms with E-state index in [0.717, 1.165) is 53.7 Å². The maximum atomic E-state index is 12.8. The van der Waals surface area contributed by atoms with Crippen molar-refractivity contribution >= 4 is 28.6 Å². The second-order valence-electron chi connectivity index (χ2n) is 8.68. The van der Waals surface area contributed by atoms with E-state index in [4.69, 9.17) is 5.73 Å². The number of benzene rings is 1. The Morgan fingerprint density at radius 1 is 1.23 bits per heavy atom. The summed E-state index contributed by atoms with van der Waals surface area (Å²) in [6, 6.07) is 6.94. The van der Waals surface area contributed by atoms with Crippen LogP contribution in [0.25, 0.3) is 22.2 Å². The van der Waals surface area contributed by atoms with Gasteiger partial charge in [-0.05, 0) is 56.4 Å². The minimum Gasteiger partial charge on any atom is -0.383 e. The third-order valence-corrected chi connectivity index (χ3v) is 6.41. The van der Waals surface area contributed by atoms with E-state index in [1.165, 1.54) is 24.7 Å². The first kappa shape index (κ1) is 18.9. The fourth-order valence-electron chi connectivity index (χ4n) is 4.82. The van der Waals surface area contributed by atoms with Crippen molar-refractivity contribution in [2.45, 2.75) is 58.0 Å². The Bertz CT molecular complexity index is 1110. The van der Waals surface area contributed by atoms with Crippen LogP contribution in [0.3, 0.4) is 0 Å². The van der Waals surface area contributed by atoms with Gasteiger partial charge in [0.1, 0.15) is 17.8 Å². The Balaban J connectivity index is 1.49. The standard InChI is InChI=1S/C23H28N6O/c1-14(2)29-12-18(20-21(24)25-13-26-22(20)29)15-7-8-19-16(11-15)9-10-28(19)23(30)27-17-5-3-4-6-17/h7-8,11-14,17H,3-6,9-10H2,1-2H3,(H,27,30)(H2,24,25,26). The van der Waals surface area contributed by atoms with E-state index >= 15 is 0 Å². The van der Waals surface area contributed by atoms with Crippen LogP contribution in [0.5, 0.6) is 0 Å². The van der Waals surface area contributed by atoms with E-state index in [-0.39, 0.29) is 12.1 Å². The van der Waals surface area contributed by atoms with Crippen molar-refractivity contribution < 1.29 is 4.79 Å². The second kappa shape index (κ2) is 7.31. The molecule has 0 saturated heterocycles. The number of urea groups is 1. The number of aromatic nitrogens is 3. The molecule has 1 aliphatic heterocycles. The van der Waals surface area contributed by atoms with Crippen molar-refractivity contribution in [3.63, 3.8) is 0 Å². The normalized spacial score (nSPS) is 16.6. The molecule has 3 N–H and O–H groups in total. The number of hydrogen-bond acceptors (Lipinski definition) is 4. The molecule has 2 amide bonds. The number of fused-ring (bicyclic) bond motifs is 2. The molecule has 1 fully saturated rings. The summed E-state index contributed by atoms with van der Waals surface area (Å²) in [7, 11) is 0. The average Bonchev–Trinajstić information content (AvgIpc) is 3.45. The molecule has 1 aromatic carbocycles. The summed E-state index contributed by atoms with van der Waals surface area (Å²) < 4.78 is 2.14. The highest BCUT2D eigenvalue weighted by Crippen LogP contribution is 2.38. The number of amides is 2. The maximum absolute atomic E-state index is 12.8. The van der Waals surface area contributed by atoms with Gasteiger partial charge in [0.05, 0.1) is 5.39 Å². The predicted octanol–water partition coefficient (Wildman–Crippen LogP) is 4.28. The number of carbonyl (C=O) groups is 1. The minimum absolute atomic E-state index is 0.0301. The van der Waals surface area contributed by atoms with Crippen molar-refractivity contribution in [2.24, 2.45) is 0 Å². The summed E-state index contributed by atoms with van der Waals surface area (Å²) in [5, 5.41) is 4.09. The number of carbonyl (C=O) groups excluding carboxylic acids is 1. The first-order chi connectivity index (χ1) is 14.5. The van der Waals surface area contributed by atoms with E-state index in [0.29, 0.717) is 11.9 Å². The van der Waals surface area contributed by atoms with E-state index in [1.807, 2.05) is 4.90 Å². The Morgan fingerprint density at radius 3 is 2.80 bits per heavy atom. The highest BCUT2D eigenvalue weighted by Gasteiger charge is 2.28. The highest BCUT2D eigenvalue weighted by molar-refractivity contribution is 6.01. The molecule has 1 aliphatic carbocycles. The number of nitrogens with zero attached hydrogens (tertiary/aromatic N) is 4. The largest absolute Gasteiger partial charge is 0.383 e. The number of rotatable bonds is 3. The van der Waals surface area contributed by atoms with Gasteiger partial charge < -0.3 is 15.6 Å². The summed E-state index contributed by atoms with van der Waals surface area (Å²) >= 11 is 0. The molecule has 0 spiro atoms. The van der Waals surface area contributed by atoms with E-state index in [1.54, 1.807) is 0 Å². The smallest absolute Gasteiger partial charge is 0.322 e. The Morgan fingerprint density at radius 2 is 2.03 bits per heavy atom. The molecule has 0 radical (unpaired) electrons. The van der Waals surface area contributed by atoms with Crippen molar-refractivity contribution in [1.29, 1.82) is 0 Å². The molecule has 0 bridgehead atoms. The summed E-state index contributed by atoms with van der Waals surface area (Å²) in [4.78, 5) is 23.4. The molecule has 0 atom stereocenters. The molecule has 2 aromatic heterocycles. The number of nitrogens with one attached hydrogen (secondary N) is 1. The van der Waals surface area contributed by atoms with E-state index in [9.17, 15) is 4.79 Å². The van der Waals surface area contributed by atoms with Crippen molar-refractivity contribution in [1.82, 2.24) is 19.9 Å². The lowest BCUT2D eigenvalue weighted by molar-refractivity contribution is 0.243. The zero-order valence-corrected chi connectivity index (χ0v) is 17.6. The fourth-order valence-corrected chi connectivity index (χ4v) is 4.82. The molecular weight excluding hydrogens is 376 g/mol. The summed E-state index contributed by atoms with van der Waals surface area (Å²) in [5.41, 5.74) is 11.4. The lowest BCUT2D eigenvalue weighted by Gasteiger charge is -2.21. The van der Waals surface area contributed by atoms with Crippen LogP contribution in [0.4, 0.5) is 16.3 Å². The van der Waals surface area contributed by atoms with Crippen molar-refractivity contribution in [2.75, 3.05) is 17.2 Å². The topological polar surface area (TPSA) is 89.1 Å². The third kappa shape index (κ3) is 3.09. The highest BCUT2D eigenvalue weighted by atomic mass is 16.2. The molecule has 30 heavy (non-hydrogen) atoms. The van der Waals surface area contributed by atoms with Crippen LogP contribution in [0, 0.1) is 0 Å². The Labute approximate surface area is 176 Å². The van der Waals surface area contributed by atoms with Gasteiger partial charge in [0, 0.05) is 36.1 Å². The van der Waals surface area contributed by atoms with Crippen molar-refractivity contribution in [3.8, 4) is 11.1 Å². The van der Waals surface area contributed by atoms with Crippen LogP contribution in [-0.2, 0) is 6.42 Å². The lowest BCUT2D eigenvalue weighted by Crippen LogP contribution is -2.43. The molecule has 7 heteroatoms. The summed E-state index contributed by atoms with van der Waals surface area (Å²) in [6.07, 6.45) is 9.09. The van der Waals surface area contributed by atoms with E-state index in [2.05, 4.69) is 58.1 Å². The van der Waals surface area contributed by atoms with Crippen LogP contribution in [0.2, 0.25) is 0 Å². The third-order valence-electron chi connectivity index (χ3n) is 6.41. The molecule has 0 unspecified atom stereocenters. The van der Waals surface area contributed by atoms with Gasteiger partial charge in [-0.2, -0.15) is 0 Å². The van der Waals surface area contributed by atoms with Gasteiger partial charge in [0.15, 0.2) is 0 Å². The van der Waals surface area contributed by atoms with Gasteiger partial charge in [-0.1, -0.05) is 18.9 Å². The lowest BCUT2D eigenvalue weighted by atomic mass is 10.0. The van der Waals surface area contributed by atoms with Crippen LogP contribution in [0.1, 0.15) is 51.1 Å². The van der Waals surface area contributed by atoms with Gasteiger partial charge >= 0.3 is 6.03 Å². The average molecular weight is 405 g/mol. The maximum Gasteiger partial charge on any atom is 0.322 e. The number of nitrogen functional groups attached to an aromatic ring is 1. The quantitative estimate of drug-likeness (QED) is 0.682. The van der Waals surface area contributed by atoms with Gasteiger partial charge in [0.2, 0.25) is 0 Å². The monoisotopic (exact) mass is 404 g/mol. The second-order valence-corrected chi connectivity index (χ2v) is 8.68. The molecule has 2 aliphatic rings. The van der Waals surface area contributed by atoms with Gasteiger partial charge in [-0.25, -0.2) is 14.8 Å². The minimum atomic E-state index is 0.0301. The van der Waals surface area contributed by atoms with Gasteiger partial charge in [-0.15, -0.1) is 0 Å². The molecular formula is C23H28N6O. The fraction of sp³-hybridized carbons (Fsp3) is 0.435. The molecule has 156 valence electrons. The number of anilines is 2. The SMILES string of the molecule is CC(C)n1cc(-c2ccc3c(c2)CCN3C(=O)NC2CCCC2)c2c(N)ncnc21. The zero-order chi connectivity index (χ0) is 20.8. The van der Waals surface area contributed by atoms with Crippen LogP contribution >= 0.6 is 0 Å². The van der Waals surface area contributed by atoms with Crippen LogP contribution in [0.15, 0.2) is 30.7 Å². The predicted molar refractivity (Wildman–Crippen MR) is 120 cm³/mol. The Kier molecular flexibility index (Phi) is 4.60. The number of nitrogens with two attached hydrogens (primary N) is 1. The number of hydrogen-bond donors (Lipinski definition) is 2. The van der Waals surface area contributed by atoms with Gasteiger partial charge in [-0.3, -0.25) is 4.90 Å². The molecule has 5 rings (SSSR count). The summed E-state index contributed by atoms with van der Waals surface area (Å²) in [5.74, 6) is 0.493. The Hall–Kier alpha value is -3.09. The van der Waals surface area contributed by atoms with Crippen LogP contribution in [-0.4, -0.2) is 33.2 Å². The first-order valence-corrected chi connectivity index (χ1v) is 10.8. The zero-order valence-electron chi connectivity index (χ0n) is 17.6. The van der Waals surface area contributed by atoms with Gasteiger partial charge in [0.25, 0.3) is 0 Å². The molecule has 3 heterocycles. The summed E-state index contributed by atoms with van der Waals surface area (Å²) in [6.45, 7) is 4.98.